The lowest BCUT2D eigenvalue weighted by Crippen LogP contribution is -2.16. The van der Waals surface area contributed by atoms with Gasteiger partial charge in [-0.2, -0.15) is 0 Å². The van der Waals surface area contributed by atoms with Crippen LogP contribution in [0.1, 0.15) is 5.56 Å². The normalized spacial score (nSPS) is 10.7. The molecule has 0 saturated heterocycles. The van der Waals surface area contributed by atoms with Gasteiger partial charge in [0.15, 0.2) is 0 Å². The highest BCUT2D eigenvalue weighted by Gasteiger charge is 2.09. The molecule has 2 heterocycles. The van der Waals surface area contributed by atoms with Gasteiger partial charge >= 0.3 is 0 Å². The van der Waals surface area contributed by atoms with Crippen LogP contribution in [0.5, 0.6) is 0 Å². The number of fused-ring (bicyclic) bond motifs is 1. The van der Waals surface area contributed by atoms with E-state index in [2.05, 4.69) is 28.0 Å². The Labute approximate surface area is 117 Å². The first-order valence-electron chi connectivity index (χ1n) is 6.49. The molecule has 0 bridgehead atoms. The molecule has 1 aromatic carbocycles. The molecule has 4 heteroatoms. The lowest BCUT2D eigenvalue weighted by Gasteiger charge is -2.21. The average molecular weight is 264 g/mol. The summed E-state index contributed by atoms with van der Waals surface area (Å²) in [6.07, 6.45) is 5.39. The van der Waals surface area contributed by atoms with Crippen molar-refractivity contribution in [2.45, 2.75) is 6.54 Å². The monoisotopic (exact) mass is 264 g/mol. The Kier molecular flexibility index (Phi) is 3.21. The Morgan fingerprint density at radius 2 is 1.85 bits per heavy atom. The summed E-state index contributed by atoms with van der Waals surface area (Å²) in [5.41, 5.74) is 9.89. The quantitative estimate of drug-likeness (QED) is 0.739. The second-order valence-corrected chi connectivity index (χ2v) is 4.79. The van der Waals surface area contributed by atoms with E-state index >= 15 is 0 Å². The average Bonchev–Trinajstić information content (AvgIpc) is 2.49. The lowest BCUT2D eigenvalue weighted by atomic mass is 10.1. The molecule has 0 unspecified atom stereocenters. The zero-order valence-electron chi connectivity index (χ0n) is 11.3. The fourth-order valence-electron chi connectivity index (χ4n) is 2.36. The zero-order valence-corrected chi connectivity index (χ0v) is 11.3. The third-order valence-corrected chi connectivity index (χ3v) is 3.36. The molecular weight excluding hydrogens is 248 g/mol. The molecule has 0 aliphatic heterocycles. The highest BCUT2D eigenvalue weighted by molar-refractivity contribution is 5.98. The molecule has 2 N–H and O–H groups in total. The summed E-state index contributed by atoms with van der Waals surface area (Å²) >= 11 is 0. The predicted molar refractivity (Wildman–Crippen MR) is 82.5 cm³/mol. The van der Waals surface area contributed by atoms with Crippen LogP contribution in [0.15, 0.2) is 55.0 Å². The van der Waals surface area contributed by atoms with Crippen LogP contribution >= 0.6 is 0 Å². The van der Waals surface area contributed by atoms with Gasteiger partial charge in [-0.1, -0.05) is 0 Å². The maximum atomic E-state index is 5.99. The number of nitrogens with zero attached hydrogens (tertiary/aromatic N) is 3. The van der Waals surface area contributed by atoms with Gasteiger partial charge in [0.1, 0.15) is 0 Å². The van der Waals surface area contributed by atoms with Gasteiger partial charge in [-0.15, -0.1) is 0 Å². The Hall–Kier alpha value is -2.62. The van der Waals surface area contributed by atoms with E-state index < -0.39 is 0 Å². The first-order valence-corrected chi connectivity index (χ1v) is 6.49. The Bertz CT molecular complexity index is 725. The van der Waals surface area contributed by atoms with E-state index in [0.717, 1.165) is 23.1 Å². The smallest absolute Gasteiger partial charge is 0.0951 e. The van der Waals surface area contributed by atoms with Gasteiger partial charge in [-0.3, -0.25) is 9.97 Å². The van der Waals surface area contributed by atoms with Crippen LogP contribution in [0.3, 0.4) is 0 Å². The van der Waals surface area contributed by atoms with Gasteiger partial charge in [0.05, 0.1) is 11.2 Å². The molecule has 3 rings (SSSR count). The molecule has 0 saturated carbocycles. The summed E-state index contributed by atoms with van der Waals surface area (Å²) < 4.78 is 0. The summed E-state index contributed by atoms with van der Waals surface area (Å²) in [4.78, 5) is 10.6. The molecule has 20 heavy (non-hydrogen) atoms. The van der Waals surface area contributed by atoms with Crippen molar-refractivity contribution in [3.63, 3.8) is 0 Å². The van der Waals surface area contributed by atoms with Crippen LogP contribution in [-0.4, -0.2) is 17.0 Å². The first-order chi connectivity index (χ1) is 9.75. The molecule has 4 nitrogen and oxygen atoms in total. The number of benzene rings is 1. The summed E-state index contributed by atoms with van der Waals surface area (Å²) in [7, 11) is 2.07. The van der Waals surface area contributed by atoms with Crippen molar-refractivity contribution in [1.82, 2.24) is 9.97 Å². The number of rotatable bonds is 3. The molecule has 3 aromatic rings. The predicted octanol–water partition coefficient (Wildman–Crippen LogP) is 2.85. The molecule has 0 spiro atoms. The van der Waals surface area contributed by atoms with Gasteiger partial charge in [0.25, 0.3) is 0 Å². The van der Waals surface area contributed by atoms with Crippen LogP contribution in [0.25, 0.3) is 10.9 Å². The number of nitrogen functional groups attached to an aromatic ring is 1. The van der Waals surface area contributed by atoms with Crippen molar-refractivity contribution in [3.8, 4) is 0 Å². The van der Waals surface area contributed by atoms with Gasteiger partial charge in [0, 0.05) is 43.3 Å². The Morgan fingerprint density at radius 1 is 1.05 bits per heavy atom. The number of pyridine rings is 2. The van der Waals surface area contributed by atoms with E-state index in [1.165, 1.54) is 5.56 Å². The SMILES string of the molecule is CN(Cc1ccncc1)c1ccc(N)c2ncccc12. The van der Waals surface area contributed by atoms with E-state index in [0.29, 0.717) is 5.69 Å². The standard InChI is InChI=1S/C16H16N4/c1-20(11-12-6-9-18-10-7-12)15-5-4-14(17)16-13(15)3-2-8-19-16/h2-10H,11,17H2,1H3. The van der Waals surface area contributed by atoms with Crippen LogP contribution < -0.4 is 10.6 Å². The molecule has 0 aliphatic carbocycles. The Morgan fingerprint density at radius 3 is 2.65 bits per heavy atom. The summed E-state index contributed by atoms with van der Waals surface area (Å²) in [5, 5.41) is 1.07. The number of aromatic nitrogens is 2. The van der Waals surface area contributed by atoms with Crippen LogP contribution in [0, 0.1) is 0 Å². The summed E-state index contributed by atoms with van der Waals surface area (Å²) in [6.45, 7) is 0.816. The molecular formula is C16H16N4. The molecule has 0 fully saturated rings. The van der Waals surface area contributed by atoms with Crippen molar-refractivity contribution in [2.24, 2.45) is 0 Å². The van der Waals surface area contributed by atoms with Crippen molar-refractivity contribution in [3.05, 3.63) is 60.6 Å². The van der Waals surface area contributed by atoms with Gasteiger partial charge in [-0.25, -0.2) is 0 Å². The van der Waals surface area contributed by atoms with Crippen molar-refractivity contribution >= 4 is 22.3 Å². The number of anilines is 2. The molecule has 100 valence electrons. The van der Waals surface area contributed by atoms with Crippen LogP contribution in [-0.2, 0) is 6.54 Å². The third kappa shape index (κ3) is 2.28. The number of nitrogens with two attached hydrogens (primary N) is 1. The van der Waals surface area contributed by atoms with Crippen molar-refractivity contribution in [1.29, 1.82) is 0 Å². The molecule has 0 atom stereocenters. The number of hydrogen-bond donors (Lipinski definition) is 1. The fourth-order valence-corrected chi connectivity index (χ4v) is 2.36. The second-order valence-electron chi connectivity index (χ2n) is 4.79. The van der Waals surface area contributed by atoms with E-state index in [1.54, 1.807) is 6.20 Å². The maximum absolute atomic E-state index is 5.99. The third-order valence-electron chi connectivity index (χ3n) is 3.36. The van der Waals surface area contributed by atoms with Crippen molar-refractivity contribution in [2.75, 3.05) is 17.7 Å². The van der Waals surface area contributed by atoms with Crippen molar-refractivity contribution < 1.29 is 0 Å². The first kappa shape index (κ1) is 12.4. The lowest BCUT2D eigenvalue weighted by molar-refractivity contribution is 0.924. The Balaban J connectivity index is 2.00. The largest absolute Gasteiger partial charge is 0.397 e. The van der Waals surface area contributed by atoms with Gasteiger partial charge in [-0.05, 0) is 42.0 Å². The number of hydrogen-bond acceptors (Lipinski definition) is 4. The van der Waals surface area contributed by atoms with Gasteiger partial charge < -0.3 is 10.6 Å². The van der Waals surface area contributed by atoms with E-state index in [9.17, 15) is 0 Å². The fraction of sp³-hybridized carbons (Fsp3) is 0.125. The van der Waals surface area contributed by atoms with Crippen LogP contribution in [0.2, 0.25) is 0 Å². The topological polar surface area (TPSA) is 55.0 Å². The molecule has 2 aromatic heterocycles. The van der Waals surface area contributed by atoms with E-state index in [4.69, 9.17) is 5.73 Å². The van der Waals surface area contributed by atoms with Gasteiger partial charge in [0.2, 0.25) is 0 Å². The zero-order chi connectivity index (χ0) is 13.9. The highest BCUT2D eigenvalue weighted by Crippen LogP contribution is 2.29. The minimum absolute atomic E-state index is 0.710. The summed E-state index contributed by atoms with van der Waals surface area (Å²) in [5.74, 6) is 0. The maximum Gasteiger partial charge on any atom is 0.0951 e. The highest BCUT2D eigenvalue weighted by atomic mass is 15.1. The minimum atomic E-state index is 0.710. The van der Waals surface area contributed by atoms with E-state index in [1.807, 2.05) is 42.7 Å². The molecule has 0 amide bonds. The van der Waals surface area contributed by atoms with E-state index in [-0.39, 0.29) is 0 Å². The molecule has 0 radical (unpaired) electrons. The minimum Gasteiger partial charge on any atom is -0.397 e. The summed E-state index contributed by atoms with van der Waals surface area (Å²) in [6, 6.07) is 12.0. The molecule has 0 aliphatic rings. The second kappa shape index (κ2) is 5.17. The van der Waals surface area contributed by atoms with Crippen LogP contribution in [0.4, 0.5) is 11.4 Å².